The van der Waals surface area contributed by atoms with Crippen molar-refractivity contribution in [1.82, 2.24) is 9.55 Å². The minimum atomic E-state index is -0.646. The molecule has 1 aromatic carbocycles. The molecule has 1 aromatic heterocycles. The second kappa shape index (κ2) is 5.64. The number of carbonyl (C=O) groups is 1. The highest BCUT2D eigenvalue weighted by Gasteiger charge is 2.13. The first kappa shape index (κ1) is 14.6. The van der Waals surface area contributed by atoms with E-state index in [9.17, 15) is 14.4 Å². The number of nitrogens with zero attached hydrogens (tertiary/aromatic N) is 1. The SMILES string of the molecule is Cc1cn(CC(=O)c2cc(Cl)ccc2Cl)c(=O)[nH]c1=O. The lowest BCUT2D eigenvalue weighted by Gasteiger charge is -2.07. The molecule has 0 aliphatic heterocycles. The minimum Gasteiger partial charge on any atom is -0.293 e. The molecule has 0 spiro atoms. The summed E-state index contributed by atoms with van der Waals surface area (Å²) < 4.78 is 1.12. The van der Waals surface area contributed by atoms with Crippen LogP contribution in [0.1, 0.15) is 15.9 Å². The molecular formula is C13H10Cl2N2O3. The number of rotatable bonds is 3. The Labute approximate surface area is 123 Å². The predicted octanol–water partition coefficient (Wildman–Crippen LogP) is 2.03. The third-order valence-electron chi connectivity index (χ3n) is 2.73. The van der Waals surface area contributed by atoms with Gasteiger partial charge in [-0.25, -0.2) is 4.79 Å². The fourth-order valence-corrected chi connectivity index (χ4v) is 2.08. The molecule has 2 rings (SSSR count). The minimum absolute atomic E-state index is 0.226. The molecule has 0 aliphatic rings. The molecule has 2 aromatic rings. The van der Waals surface area contributed by atoms with Gasteiger partial charge in [0, 0.05) is 22.3 Å². The summed E-state index contributed by atoms with van der Waals surface area (Å²) in [5.74, 6) is -0.369. The van der Waals surface area contributed by atoms with Gasteiger partial charge in [0.2, 0.25) is 0 Å². The number of ketones is 1. The molecule has 0 unspecified atom stereocenters. The lowest BCUT2D eigenvalue weighted by Crippen LogP contribution is -2.32. The number of aromatic nitrogens is 2. The van der Waals surface area contributed by atoms with Crippen molar-refractivity contribution in [1.29, 1.82) is 0 Å². The molecule has 0 fully saturated rings. The summed E-state index contributed by atoms with van der Waals surface area (Å²) in [7, 11) is 0. The van der Waals surface area contributed by atoms with E-state index < -0.39 is 11.2 Å². The van der Waals surface area contributed by atoms with E-state index in [1.807, 2.05) is 0 Å². The van der Waals surface area contributed by atoms with Gasteiger partial charge in [-0.1, -0.05) is 23.2 Å². The zero-order valence-corrected chi connectivity index (χ0v) is 12.0. The number of carbonyl (C=O) groups excluding carboxylic acids is 1. The molecule has 0 saturated carbocycles. The van der Waals surface area contributed by atoms with E-state index >= 15 is 0 Å². The summed E-state index contributed by atoms with van der Waals surface area (Å²) in [6.45, 7) is 1.32. The van der Waals surface area contributed by atoms with Crippen LogP contribution in [-0.2, 0) is 6.54 Å². The van der Waals surface area contributed by atoms with Gasteiger partial charge in [0.05, 0.1) is 11.6 Å². The first-order valence-electron chi connectivity index (χ1n) is 5.67. The molecule has 0 aliphatic carbocycles. The first-order valence-corrected chi connectivity index (χ1v) is 6.42. The van der Waals surface area contributed by atoms with E-state index in [2.05, 4.69) is 4.98 Å². The lowest BCUT2D eigenvalue weighted by atomic mass is 10.1. The topological polar surface area (TPSA) is 71.9 Å². The Hall–Kier alpha value is -1.85. The van der Waals surface area contributed by atoms with E-state index in [-0.39, 0.29) is 22.9 Å². The van der Waals surface area contributed by atoms with E-state index in [1.54, 1.807) is 13.0 Å². The largest absolute Gasteiger partial charge is 0.328 e. The maximum atomic E-state index is 12.1. The van der Waals surface area contributed by atoms with Crippen LogP contribution < -0.4 is 11.2 Å². The molecule has 104 valence electrons. The highest BCUT2D eigenvalue weighted by atomic mass is 35.5. The molecule has 0 radical (unpaired) electrons. The second-order valence-electron chi connectivity index (χ2n) is 4.25. The number of Topliss-reactive ketones (excluding diaryl/α,β-unsaturated/α-hetero) is 1. The highest BCUT2D eigenvalue weighted by Crippen LogP contribution is 2.21. The van der Waals surface area contributed by atoms with Crippen molar-refractivity contribution in [2.45, 2.75) is 13.5 Å². The van der Waals surface area contributed by atoms with Gasteiger partial charge in [0.1, 0.15) is 0 Å². The Bertz CT molecular complexity index is 793. The van der Waals surface area contributed by atoms with Crippen LogP contribution in [0, 0.1) is 6.92 Å². The van der Waals surface area contributed by atoms with Gasteiger partial charge in [-0.3, -0.25) is 19.1 Å². The number of nitrogens with one attached hydrogen (secondary N) is 1. The zero-order valence-electron chi connectivity index (χ0n) is 10.4. The fourth-order valence-electron chi connectivity index (χ4n) is 1.69. The molecule has 0 saturated heterocycles. The molecule has 0 atom stereocenters. The number of halogens is 2. The maximum Gasteiger partial charge on any atom is 0.328 e. The standard InChI is InChI=1S/C13H10Cl2N2O3/c1-7-5-17(13(20)16-12(7)19)6-11(18)9-4-8(14)2-3-10(9)15/h2-5H,6H2,1H3,(H,16,19,20). The van der Waals surface area contributed by atoms with Crippen molar-refractivity contribution in [2.24, 2.45) is 0 Å². The van der Waals surface area contributed by atoms with Gasteiger partial charge in [-0.15, -0.1) is 0 Å². The number of hydrogen-bond donors (Lipinski definition) is 1. The first-order chi connectivity index (χ1) is 9.38. The predicted molar refractivity (Wildman–Crippen MR) is 76.9 cm³/mol. The van der Waals surface area contributed by atoms with Crippen LogP contribution in [0.2, 0.25) is 10.0 Å². The molecule has 7 heteroatoms. The van der Waals surface area contributed by atoms with Gasteiger partial charge >= 0.3 is 5.69 Å². The molecule has 0 bridgehead atoms. The molecule has 20 heavy (non-hydrogen) atoms. The van der Waals surface area contributed by atoms with Crippen LogP contribution >= 0.6 is 23.2 Å². The average Bonchev–Trinajstić information content (AvgIpc) is 2.38. The zero-order chi connectivity index (χ0) is 14.9. The number of H-pyrrole nitrogens is 1. The molecule has 0 amide bonds. The Morgan fingerprint density at radius 1 is 1.30 bits per heavy atom. The molecule has 1 heterocycles. The van der Waals surface area contributed by atoms with E-state index in [1.165, 1.54) is 18.3 Å². The Morgan fingerprint density at radius 2 is 2.00 bits per heavy atom. The third-order valence-corrected chi connectivity index (χ3v) is 3.30. The Kier molecular flexibility index (Phi) is 4.11. The van der Waals surface area contributed by atoms with Crippen molar-refractivity contribution in [3.05, 3.63) is 66.4 Å². The van der Waals surface area contributed by atoms with E-state index in [0.717, 1.165) is 4.57 Å². The lowest BCUT2D eigenvalue weighted by molar-refractivity contribution is 0.0970. The summed E-state index contributed by atoms with van der Waals surface area (Å²) in [6, 6.07) is 4.52. The van der Waals surface area contributed by atoms with Crippen molar-refractivity contribution >= 4 is 29.0 Å². The van der Waals surface area contributed by atoms with Crippen LogP contribution in [0.5, 0.6) is 0 Å². The van der Waals surface area contributed by atoms with Crippen LogP contribution in [-0.4, -0.2) is 15.3 Å². The van der Waals surface area contributed by atoms with Crippen LogP contribution in [0.25, 0.3) is 0 Å². The van der Waals surface area contributed by atoms with Gasteiger partial charge in [-0.05, 0) is 25.1 Å². The molecule has 1 N–H and O–H groups in total. The molecular weight excluding hydrogens is 303 g/mol. The smallest absolute Gasteiger partial charge is 0.293 e. The second-order valence-corrected chi connectivity index (χ2v) is 5.09. The van der Waals surface area contributed by atoms with E-state index in [0.29, 0.717) is 10.6 Å². The number of aryl methyl sites for hydroxylation is 1. The fraction of sp³-hybridized carbons (Fsp3) is 0.154. The summed E-state index contributed by atoms with van der Waals surface area (Å²) in [5.41, 5.74) is -0.545. The van der Waals surface area contributed by atoms with Gasteiger partial charge < -0.3 is 0 Å². The van der Waals surface area contributed by atoms with Crippen molar-refractivity contribution < 1.29 is 4.79 Å². The summed E-state index contributed by atoms with van der Waals surface area (Å²) >= 11 is 11.7. The summed E-state index contributed by atoms with van der Waals surface area (Å²) in [6.07, 6.45) is 1.33. The number of hydrogen-bond acceptors (Lipinski definition) is 3. The van der Waals surface area contributed by atoms with Crippen molar-refractivity contribution in [3.63, 3.8) is 0 Å². The van der Waals surface area contributed by atoms with Crippen LogP contribution in [0.3, 0.4) is 0 Å². The Morgan fingerprint density at radius 3 is 2.70 bits per heavy atom. The van der Waals surface area contributed by atoms with Crippen molar-refractivity contribution in [2.75, 3.05) is 0 Å². The van der Waals surface area contributed by atoms with Crippen LogP contribution in [0.4, 0.5) is 0 Å². The molecule has 5 nitrogen and oxygen atoms in total. The average molecular weight is 313 g/mol. The van der Waals surface area contributed by atoms with E-state index in [4.69, 9.17) is 23.2 Å². The highest BCUT2D eigenvalue weighted by molar-refractivity contribution is 6.35. The van der Waals surface area contributed by atoms with Gasteiger partial charge in [0.15, 0.2) is 5.78 Å². The normalized spacial score (nSPS) is 10.6. The van der Waals surface area contributed by atoms with Gasteiger partial charge in [-0.2, -0.15) is 0 Å². The monoisotopic (exact) mass is 312 g/mol. The van der Waals surface area contributed by atoms with Crippen molar-refractivity contribution in [3.8, 4) is 0 Å². The van der Waals surface area contributed by atoms with Gasteiger partial charge in [0.25, 0.3) is 5.56 Å². The quantitative estimate of drug-likeness (QED) is 0.881. The third kappa shape index (κ3) is 3.00. The number of benzene rings is 1. The summed E-state index contributed by atoms with van der Waals surface area (Å²) in [5, 5.41) is 0.636. The maximum absolute atomic E-state index is 12.1. The van der Waals surface area contributed by atoms with Crippen LogP contribution in [0.15, 0.2) is 34.0 Å². The Balaban J connectivity index is 2.37. The summed E-state index contributed by atoms with van der Waals surface area (Å²) in [4.78, 5) is 37.1. The number of aromatic amines is 1.